The maximum absolute atomic E-state index is 11.9. The van der Waals surface area contributed by atoms with Crippen LogP contribution in [0.1, 0.15) is 46.0 Å². The average molecular weight is 284 g/mol. The van der Waals surface area contributed by atoms with Crippen LogP contribution in [0.2, 0.25) is 0 Å². The molecule has 0 aromatic heterocycles. The van der Waals surface area contributed by atoms with Crippen molar-refractivity contribution >= 4 is 17.8 Å². The molecule has 2 atom stereocenters. The first-order valence-electron chi connectivity index (χ1n) is 7.24. The van der Waals surface area contributed by atoms with Gasteiger partial charge in [-0.15, -0.1) is 0 Å². The molecule has 0 aromatic rings. The molecule has 114 valence electrons. The van der Waals surface area contributed by atoms with Crippen molar-refractivity contribution in [1.82, 2.24) is 10.2 Å². The molecule has 1 rings (SSSR count). The Hall–Kier alpha value is -1.59. The third-order valence-electron chi connectivity index (χ3n) is 3.63. The third-order valence-corrected chi connectivity index (χ3v) is 3.63. The number of carbonyl (C=O) groups excluding carboxylic acids is 2. The number of aliphatic carboxylic acids is 1. The standard InChI is InChI=1S/C14H24N2O4/c1-3-5-10(2)16-9-11(8-12(16)17)14(20)15-7-4-6-13(18)19/h10-11H,3-9H2,1-2H3,(H,15,20)(H,18,19). The molecular weight excluding hydrogens is 260 g/mol. The Morgan fingerprint density at radius 2 is 2.20 bits per heavy atom. The van der Waals surface area contributed by atoms with Crippen LogP contribution in [0.25, 0.3) is 0 Å². The summed E-state index contributed by atoms with van der Waals surface area (Å²) >= 11 is 0. The molecule has 6 nitrogen and oxygen atoms in total. The minimum absolute atomic E-state index is 0.0386. The maximum atomic E-state index is 11.9. The number of hydrogen-bond donors (Lipinski definition) is 2. The van der Waals surface area contributed by atoms with Crippen LogP contribution in [0.5, 0.6) is 0 Å². The van der Waals surface area contributed by atoms with Gasteiger partial charge in [0.2, 0.25) is 11.8 Å². The topological polar surface area (TPSA) is 86.7 Å². The molecule has 2 amide bonds. The van der Waals surface area contributed by atoms with Gasteiger partial charge in [-0.1, -0.05) is 13.3 Å². The van der Waals surface area contributed by atoms with Crippen molar-refractivity contribution < 1.29 is 19.5 Å². The lowest BCUT2D eigenvalue weighted by Crippen LogP contribution is -2.37. The van der Waals surface area contributed by atoms with Crippen LogP contribution in [-0.2, 0) is 14.4 Å². The molecule has 20 heavy (non-hydrogen) atoms. The molecule has 1 heterocycles. The highest BCUT2D eigenvalue weighted by Crippen LogP contribution is 2.22. The van der Waals surface area contributed by atoms with E-state index < -0.39 is 5.97 Å². The Bertz CT molecular complexity index is 370. The van der Waals surface area contributed by atoms with Crippen LogP contribution in [-0.4, -0.2) is 46.9 Å². The van der Waals surface area contributed by atoms with E-state index in [1.807, 2.05) is 6.92 Å². The van der Waals surface area contributed by atoms with E-state index in [9.17, 15) is 14.4 Å². The van der Waals surface area contributed by atoms with Crippen LogP contribution in [0.15, 0.2) is 0 Å². The van der Waals surface area contributed by atoms with Crippen molar-refractivity contribution in [2.75, 3.05) is 13.1 Å². The van der Waals surface area contributed by atoms with Gasteiger partial charge in [0.1, 0.15) is 0 Å². The summed E-state index contributed by atoms with van der Waals surface area (Å²) in [6.45, 7) is 4.91. The number of nitrogens with zero attached hydrogens (tertiary/aromatic N) is 1. The molecule has 2 unspecified atom stereocenters. The number of nitrogens with one attached hydrogen (secondary N) is 1. The van der Waals surface area contributed by atoms with Crippen molar-refractivity contribution in [3.05, 3.63) is 0 Å². The van der Waals surface area contributed by atoms with Crippen molar-refractivity contribution in [2.24, 2.45) is 5.92 Å². The summed E-state index contributed by atoms with van der Waals surface area (Å²) < 4.78 is 0. The van der Waals surface area contributed by atoms with Gasteiger partial charge in [0.15, 0.2) is 0 Å². The largest absolute Gasteiger partial charge is 0.481 e. The third kappa shape index (κ3) is 4.83. The fraction of sp³-hybridized carbons (Fsp3) is 0.786. The van der Waals surface area contributed by atoms with Crippen molar-refractivity contribution in [1.29, 1.82) is 0 Å². The van der Waals surface area contributed by atoms with E-state index >= 15 is 0 Å². The van der Waals surface area contributed by atoms with E-state index in [1.165, 1.54) is 0 Å². The summed E-state index contributed by atoms with van der Waals surface area (Å²) in [6, 6.07) is 0.178. The highest BCUT2D eigenvalue weighted by atomic mass is 16.4. The lowest BCUT2D eigenvalue weighted by atomic mass is 10.1. The Morgan fingerprint density at radius 3 is 2.80 bits per heavy atom. The second-order valence-electron chi connectivity index (χ2n) is 5.37. The number of carbonyl (C=O) groups is 3. The second kappa shape index (κ2) is 7.87. The first-order chi connectivity index (χ1) is 9.45. The molecule has 6 heteroatoms. The highest BCUT2D eigenvalue weighted by Gasteiger charge is 2.36. The molecule has 2 N–H and O–H groups in total. The Morgan fingerprint density at radius 1 is 1.50 bits per heavy atom. The van der Waals surface area contributed by atoms with Gasteiger partial charge in [-0.2, -0.15) is 0 Å². The molecular formula is C14H24N2O4. The molecule has 0 bridgehead atoms. The zero-order valence-electron chi connectivity index (χ0n) is 12.2. The molecule has 1 aliphatic heterocycles. The molecule has 0 aromatic carbocycles. The number of likely N-dealkylation sites (tertiary alicyclic amines) is 1. The maximum Gasteiger partial charge on any atom is 0.303 e. The normalized spacial score (nSPS) is 20.0. The van der Waals surface area contributed by atoms with E-state index in [2.05, 4.69) is 12.2 Å². The van der Waals surface area contributed by atoms with E-state index in [-0.39, 0.29) is 36.6 Å². The van der Waals surface area contributed by atoms with E-state index in [0.717, 1.165) is 12.8 Å². The number of carboxylic acids is 1. The number of amides is 2. The van der Waals surface area contributed by atoms with Gasteiger partial charge in [0, 0.05) is 32.0 Å². The lowest BCUT2D eigenvalue weighted by Gasteiger charge is -2.24. The molecule has 0 spiro atoms. The SMILES string of the molecule is CCCC(C)N1CC(C(=O)NCCCC(=O)O)CC1=O. The fourth-order valence-corrected chi connectivity index (χ4v) is 2.50. The summed E-state index contributed by atoms with van der Waals surface area (Å²) in [5.41, 5.74) is 0. The van der Waals surface area contributed by atoms with Crippen LogP contribution in [0.4, 0.5) is 0 Å². The zero-order chi connectivity index (χ0) is 15.1. The van der Waals surface area contributed by atoms with Crippen LogP contribution < -0.4 is 5.32 Å². The first kappa shape index (κ1) is 16.5. The molecule has 0 saturated carbocycles. The second-order valence-corrected chi connectivity index (χ2v) is 5.37. The fourth-order valence-electron chi connectivity index (χ4n) is 2.50. The molecule has 1 aliphatic rings. The van der Waals surface area contributed by atoms with Crippen LogP contribution in [0, 0.1) is 5.92 Å². The predicted octanol–water partition coefficient (Wildman–Crippen LogP) is 1.00. The molecule has 1 fully saturated rings. The quantitative estimate of drug-likeness (QED) is 0.651. The van der Waals surface area contributed by atoms with E-state index in [4.69, 9.17) is 5.11 Å². The summed E-state index contributed by atoms with van der Waals surface area (Å²) in [6.07, 6.45) is 2.68. The van der Waals surface area contributed by atoms with Gasteiger partial charge in [0.25, 0.3) is 0 Å². The van der Waals surface area contributed by atoms with Crippen LogP contribution >= 0.6 is 0 Å². The lowest BCUT2D eigenvalue weighted by molar-refractivity contribution is -0.137. The number of rotatable bonds is 8. The Kier molecular flexibility index (Phi) is 6.48. The minimum atomic E-state index is -0.866. The van der Waals surface area contributed by atoms with Crippen LogP contribution in [0.3, 0.4) is 0 Å². The summed E-state index contributed by atoms with van der Waals surface area (Å²) in [4.78, 5) is 36.0. The summed E-state index contributed by atoms with van der Waals surface area (Å²) in [5.74, 6) is -1.27. The van der Waals surface area contributed by atoms with Gasteiger partial charge < -0.3 is 15.3 Å². The smallest absolute Gasteiger partial charge is 0.303 e. The summed E-state index contributed by atoms with van der Waals surface area (Å²) in [7, 11) is 0. The van der Waals surface area contributed by atoms with Crippen molar-refractivity contribution in [2.45, 2.75) is 52.0 Å². The van der Waals surface area contributed by atoms with E-state index in [1.54, 1.807) is 4.90 Å². The Labute approximate surface area is 119 Å². The van der Waals surface area contributed by atoms with Gasteiger partial charge in [-0.05, 0) is 19.8 Å². The molecule has 0 aliphatic carbocycles. The zero-order valence-corrected chi connectivity index (χ0v) is 12.2. The van der Waals surface area contributed by atoms with Gasteiger partial charge >= 0.3 is 5.97 Å². The minimum Gasteiger partial charge on any atom is -0.481 e. The molecule has 1 saturated heterocycles. The van der Waals surface area contributed by atoms with Gasteiger partial charge in [0.05, 0.1) is 5.92 Å². The Balaban J connectivity index is 2.36. The summed E-state index contributed by atoms with van der Waals surface area (Å²) in [5, 5.41) is 11.2. The number of carboxylic acid groups (broad SMARTS) is 1. The monoisotopic (exact) mass is 284 g/mol. The van der Waals surface area contributed by atoms with Gasteiger partial charge in [-0.3, -0.25) is 14.4 Å². The van der Waals surface area contributed by atoms with Gasteiger partial charge in [-0.25, -0.2) is 0 Å². The number of hydrogen-bond acceptors (Lipinski definition) is 3. The van der Waals surface area contributed by atoms with E-state index in [0.29, 0.717) is 19.5 Å². The average Bonchev–Trinajstić information content (AvgIpc) is 2.76. The van der Waals surface area contributed by atoms with Crippen molar-refractivity contribution in [3.8, 4) is 0 Å². The molecule has 0 radical (unpaired) electrons. The highest BCUT2D eigenvalue weighted by molar-refractivity contribution is 5.89. The first-order valence-corrected chi connectivity index (χ1v) is 7.24. The van der Waals surface area contributed by atoms with Crippen molar-refractivity contribution in [3.63, 3.8) is 0 Å². The predicted molar refractivity (Wildman–Crippen MR) is 74.1 cm³/mol.